The van der Waals surface area contributed by atoms with Crippen LogP contribution in [0.25, 0.3) is 0 Å². The molecule has 4 heteroatoms. The van der Waals surface area contributed by atoms with Crippen molar-refractivity contribution in [1.29, 1.82) is 0 Å². The standard InChI is InChI=1S/C14H25NO3/c1-11-6-8-12(9-7-11)14(17)15(2)10-4-5-13(16)18-3/h11-12H,4-10H2,1-3H3. The molecular weight excluding hydrogens is 230 g/mol. The molecule has 1 aliphatic carbocycles. The van der Waals surface area contributed by atoms with E-state index in [9.17, 15) is 9.59 Å². The Morgan fingerprint density at radius 1 is 1.22 bits per heavy atom. The third kappa shape index (κ3) is 4.67. The van der Waals surface area contributed by atoms with Crippen molar-refractivity contribution in [3.8, 4) is 0 Å². The molecule has 0 saturated heterocycles. The molecule has 0 spiro atoms. The molecule has 0 aromatic rings. The molecule has 0 aliphatic heterocycles. The summed E-state index contributed by atoms with van der Waals surface area (Å²) in [5.74, 6) is 0.997. The average Bonchev–Trinajstić information content (AvgIpc) is 2.38. The van der Waals surface area contributed by atoms with Crippen molar-refractivity contribution in [1.82, 2.24) is 4.90 Å². The van der Waals surface area contributed by atoms with Crippen LogP contribution in [0.15, 0.2) is 0 Å². The van der Waals surface area contributed by atoms with Crippen molar-refractivity contribution in [2.24, 2.45) is 11.8 Å². The maximum Gasteiger partial charge on any atom is 0.305 e. The Morgan fingerprint density at radius 3 is 2.39 bits per heavy atom. The number of carbonyl (C=O) groups excluding carboxylic acids is 2. The third-order valence-electron chi connectivity index (χ3n) is 3.84. The molecule has 0 atom stereocenters. The van der Waals surface area contributed by atoms with Crippen molar-refractivity contribution in [3.63, 3.8) is 0 Å². The van der Waals surface area contributed by atoms with Gasteiger partial charge in [-0.15, -0.1) is 0 Å². The Kier molecular flexibility index (Phi) is 6.16. The first-order valence-corrected chi connectivity index (χ1v) is 6.86. The van der Waals surface area contributed by atoms with Crippen LogP contribution in [0.2, 0.25) is 0 Å². The number of carbonyl (C=O) groups is 2. The molecule has 0 bridgehead atoms. The molecule has 0 aromatic heterocycles. The van der Waals surface area contributed by atoms with Gasteiger partial charge < -0.3 is 9.64 Å². The highest BCUT2D eigenvalue weighted by Crippen LogP contribution is 2.29. The number of esters is 1. The zero-order chi connectivity index (χ0) is 13.5. The van der Waals surface area contributed by atoms with Crippen molar-refractivity contribution >= 4 is 11.9 Å². The van der Waals surface area contributed by atoms with E-state index >= 15 is 0 Å². The molecule has 0 heterocycles. The Labute approximate surface area is 110 Å². The summed E-state index contributed by atoms with van der Waals surface area (Å²) in [7, 11) is 3.22. The SMILES string of the molecule is COC(=O)CCCN(C)C(=O)C1CCC(C)CC1. The van der Waals surface area contributed by atoms with Gasteiger partial charge in [-0.05, 0) is 38.0 Å². The van der Waals surface area contributed by atoms with Gasteiger partial charge in [0.2, 0.25) is 5.91 Å². The van der Waals surface area contributed by atoms with Gasteiger partial charge >= 0.3 is 5.97 Å². The summed E-state index contributed by atoms with van der Waals surface area (Å²) in [6.45, 7) is 2.89. The Balaban J connectivity index is 2.26. The lowest BCUT2D eigenvalue weighted by Gasteiger charge is -2.29. The summed E-state index contributed by atoms with van der Waals surface area (Å²) in [6.07, 6.45) is 5.41. The molecule has 0 unspecified atom stereocenters. The van der Waals surface area contributed by atoms with Gasteiger partial charge in [0.05, 0.1) is 7.11 Å². The van der Waals surface area contributed by atoms with E-state index in [1.54, 1.807) is 4.90 Å². The number of hydrogen-bond acceptors (Lipinski definition) is 3. The van der Waals surface area contributed by atoms with E-state index in [0.717, 1.165) is 31.6 Å². The minimum atomic E-state index is -0.206. The number of hydrogen-bond donors (Lipinski definition) is 0. The van der Waals surface area contributed by atoms with E-state index in [4.69, 9.17) is 0 Å². The molecule has 0 aromatic carbocycles. The molecule has 1 rings (SSSR count). The number of ether oxygens (including phenoxy) is 1. The van der Waals surface area contributed by atoms with E-state index in [1.165, 1.54) is 7.11 Å². The monoisotopic (exact) mass is 255 g/mol. The molecule has 1 aliphatic rings. The first-order valence-electron chi connectivity index (χ1n) is 6.86. The molecule has 1 amide bonds. The van der Waals surface area contributed by atoms with Crippen molar-refractivity contribution in [2.75, 3.05) is 20.7 Å². The number of methoxy groups -OCH3 is 1. The van der Waals surface area contributed by atoms with Crippen LogP contribution >= 0.6 is 0 Å². The van der Waals surface area contributed by atoms with Crippen LogP contribution in [-0.2, 0) is 14.3 Å². The summed E-state index contributed by atoms with van der Waals surface area (Å²) in [4.78, 5) is 24.9. The second kappa shape index (κ2) is 7.39. The van der Waals surface area contributed by atoms with Gasteiger partial charge in [-0.25, -0.2) is 0 Å². The fourth-order valence-corrected chi connectivity index (χ4v) is 2.49. The van der Waals surface area contributed by atoms with Gasteiger partial charge in [0.1, 0.15) is 0 Å². The van der Waals surface area contributed by atoms with E-state index in [0.29, 0.717) is 19.4 Å². The summed E-state index contributed by atoms with van der Waals surface area (Å²) in [6, 6.07) is 0. The summed E-state index contributed by atoms with van der Waals surface area (Å²) >= 11 is 0. The van der Waals surface area contributed by atoms with E-state index in [2.05, 4.69) is 11.7 Å². The van der Waals surface area contributed by atoms with Crippen molar-refractivity contribution in [2.45, 2.75) is 45.4 Å². The largest absolute Gasteiger partial charge is 0.469 e. The van der Waals surface area contributed by atoms with Crippen molar-refractivity contribution in [3.05, 3.63) is 0 Å². The lowest BCUT2D eigenvalue weighted by Crippen LogP contribution is -2.35. The molecule has 0 N–H and O–H groups in total. The first kappa shape index (κ1) is 15.0. The molecule has 4 nitrogen and oxygen atoms in total. The smallest absolute Gasteiger partial charge is 0.305 e. The fraction of sp³-hybridized carbons (Fsp3) is 0.857. The van der Waals surface area contributed by atoms with Crippen molar-refractivity contribution < 1.29 is 14.3 Å². The highest BCUT2D eigenvalue weighted by atomic mass is 16.5. The Morgan fingerprint density at radius 2 is 1.83 bits per heavy atom. The maximum absolute atomic E-state index is 12.2. The lowest BCUT2D eigenvalue weighted by molar-refractivity contribution is -0.141. The third-order valence-corrected chi connectivity index (χ3v) is 3.84. The molecule has 1 saturated carbocycles. The highest BCUT2D eigenvalue weighted by Gasteiger charge is 2.26. The van der Waals surface area contributed by atoms with Gasteiger partial charge in [0.15, 0.2) is 0 Å². The Hall–Kier alpha value is -1.06. The zero-order valence-electron chi connectivity index (χ0n) is 11.8. The van der Waals surface area contributed by atoms with Crippen LogP contribution in [0.1, 0.15) is 45.4 Å². The quantitative estimate of drug-likeness (QED) is 0.708. The molecular formula is C14H25NO3. The van der Waals surface area contributed by atoms with Gasteiger partial charge in [-0.1, -0.05) is 6.92 Å². The zero-order valence-corrected chi connectivity index (χ0v) is 11.8. The first-order chi connectivity index (χ1) is 8.54. The van der Waals surface area contributed by atoms with Gasteiger partial charge in [-0.2, -0.15) is 0 Å². The molecule has 0 radical (unpaired) electrons. The van der Waals surface area contributed by atoms with E-state index < -0.39 is 0 Å². The Bertz CT molecular complexity index is 283. The predicted octanol–water partition coefficient (Wildman–Crippen LogP) is 2.22. The number of nitrogens with zero attached hydrogens (tertiary/aromatic N) is 1. The van der Waals surface area contributed by atoms with E-state index in [1.807, 2.05) is 7.05 Å². The van der Waals surface area contributed by atoms with Crippen LogP contribution in [0, 0.1) is 11.8 Å². The number of rotatable bonds is 5. The second-order valence-electron chi connectivity index (χ2n) is 5.40. The molecule has 18 heavy (non-hydrogen) atoms. The molecule has 104 valence electrons. The molecule has 1 fully saturated rings. The van der Waals surface area contributed by atoms with Crippen LogP contribution < -0.4 is 0 Å². The maximum atomic E-state index is 12.2. The lowest BCUT2D eigenvalue weighted by atomic mass is 9.82. The number of amides is 1. The minimum absolute atomic E-state index is 0.198. The van der Waals surface area contributed by atoms with Crippen LogP contribution in [-0.4, -0.2) is 37.5 Å². The second-order valence-corrected chi connectivity index (χ2v) is 5.40. The fourth-order valence-electron chi connectivity index (χ4n) is 2.49. The van der Waals surface area contributed by atoms with Crippen LogP contribution in [0.3, 0.4) is 0 Å². The highest BCUT2D eigenvalue weighted by molar-refractivity contribution is 5.78. The summed E-state index contributed by atoms with van der Waals surface area (Å²) in [5.41, 5.74) is 0. The van der Waals surface area contributed by atoms with Gasteiger partial charge in [0, 0.05) is 25.9 Å². The average molecular weight is 255 g/mol. The predicted molar refractivity (Wildman–Crippen MR) is 70.0 cm³/mol. The summed E-state index contributed by atoms with van der Waals surface area (Å²) in [5, 5.41) is 0. The van der Waals surface area contributed by atoms with Gasteiger partial charge in [0.25, 0.3) is 0 Å². The summed E-state index contributed by atoms with van der Waals surface area (Å²) < 4.78 is 4.58. The van der Waals surface area contributed by atoms with Crippen LogP contribution in [0.4, 0.5) is 0 Å². The normalized spacial score (nSPS) is 23.5. The minimum Gasteiger partial charge on any atom is -0.469 e. The van der Waals surface area contributed by atoms with E-state index in [-0.39, 0.29) is 17.8 Å². The topological polar surface area (TPSA) is 46.6 Å². The van der Waals surface area contributed by atoms with Crippen LogP contribution in [0.5, 0.6) is 0 Å². The van der Waals surface area contributed by atoms with Gasteiger partial charge in [-0.3, -0.25) is 9.59 Å².